The van der Waals surface area contributed by atoms with Gasteiger partial charge in [-0.1, -0.05) is 18.7 Å². The van der Waals surface area contributed by atoms with Crippen LogP contribution < -0.4 is 11.5 Å². The summed E-state index contributed by atoms with van der Waals surface area (Å²) in [6, 6.07) is 6.82. The topological polar surface area (TPSA) is 108 Å². The number of benzene rings is 1. The highest BCUT2D eigenvalue weighted by atomic mass is 79.9. The van der Waals surface area contributed by atoms with E-state index in [1.807, 2.05) is 7.05 Å². The molecular formula is C21H26BrFN4O2. The van der Waals surface area contributed by atoms with Crippen LogP contribution in [-0.2, 0) is 4.79 Å². The highest BCUT2D eigenvalue weighted by Crippen LogP contribution is 2.38. The van der Waals surface area contributed by atoms with Crippen LogP contribution in [0.3, 0.4) is 0 Å². The Morgan fingerprint density at radius 2 is 2.10 bits per heavy atom. The van der Waals surface area contributed by atoms with Crippen molar-refractivity contribution in [2.24, 2.45) is 5.73 Å². The number of likely N-dealkylation sites (N-methyl/N-ethyl adjacent to an activating group) is 1. The zero-order valence-electron chi connectivity index (χ0n) is 16.2. The van der Waals surface area contributed by atoms with Crippen LogP contribution in [0.1, 0.15) is 29.2 Å². The first-order valence-electron chi connectivity index (χ1n) is 9.11. The van der Waals surface area contributed by atoms with Crippen LogP contribution in [0.25, 0.3) is 11.8 Å². The van der Waals surface area contributed by atoms with Gasteiger partial charge in [-0.15, -0.1) is 0 Å². The number of hydrogen-bond acceptors (Lipinski definition) is 5. The number of carbonyl (C=O) groups excluding carboxylic acids is 1. The number of rotatable bonds is 4. The lowest BCUT2D eigenvalue weighted by atomic mass is 9.93. The third kappa shape index (κ3) is 5.48. The number of halogens is 2. The average molecular weight is 465 g/mol. The van der Waals surface area contributed by atoms with E-state index in [1.165, 1.54) is 6.08 Å². The van der Waals surface area contributed by atoms with E-state index in [9.17, 15) is 9.50 Å². The number of aromatic hydroxyl groups is 1. The Balaban J connectivity index is 0.000000687. The first-order valence-corrected chi connectivity index (χ1v) is 9.90. The summed E-state index contributed by atoms with van der Waals surface area (Å²) in [7, 11) is 1.98. The average Bonchev–Trinajstić information content (AvgIpc) is 2.98. The van der Waals surface area contributed by atoms with Gasteiger partial charge in [-0.2, -0.15) is 0 Å². The van der Waals surface area contributed by atoms with Gasteiger partial charge in [0.15, 0.2) is 0 Å². The maximum Gasteiger partial charge on any atom is 0.142 e. The van der Waals surface area contributed by atoms with Crippen molar-refractivity contribution in [3.05, 3.63) is 58.2 Å². The van der Waals surface area contributed by atoms with Crippen molar-refractivity contribution in [2.45, 2.75) is 18.5 Å². The number of nitrogen functional groups attached to an aromatic ring is 1. The maximum atomic E-state index is 14.4. The van der Waals surface area contributed by atoms with Crippen LogP contribution in [0.2, 0.25) is 0 Å². The number of aldehydes is 1. The van der Waals surface area contributed by atoms with Crippen LogP contribution in [0.5, 0.6) is 5.75 Å². The first-order chi connectivity index (χ1) is 13.8. The molecule has 1 saturated heterocycles. The standard InChI is InChI=1S/C18H22BrFN4O.C3H4O/c1-24-7-6-13(20)12(9-24)17-16(19)11(18(22)23-17)8-14(21)10-4-2-3-5-15(10)25;1-2-3-4/h2-5,8,12-13,23,25H,6-7,9,21-22H2,1H3;2-3H,1H2/b14-8-;. The lowest BCUT2D eigenvalue weighted by Crippen LogP contribution is -2.38. The van der Waals surface area contributed by atoms with E-state index >= 15 is 0 Å². The number of phenols is 1. The summed E-state index contributed by atoms with van der Waals surface area (Å²) < 4.78 is 15.1. The summed E-state index contributed by atoms with van der Waals surface area (Å²) in [6.45, 7) is 4.48. The van der Waals surface area contributed by atoms with Crippen molar-refractivity contribution < 1.29 is 14.3 Å². The molecule has 156 valence electrons. The molecule has 1 aliphatic heterocycles. The number of para-hydroxylation sites is 1. The van der Waals surface area contributed by atoms with Gasteiger partial charge in [-0.25, -0.2) is 4.39 Å². The minimum absolute atomic E-state index is 0.0967. The number of anilines is 1. The number of likely N-dealkylation sites (tertiary alicyclic amines) is 1. The SMILES string of the molecule is C=CC=O.CN1CCC(F)C(c2[nH]c(N)c(/C=C(\N)c3ccccc3O)c2Br)C1. The fourth-order valence-electron chi connectivity index (χ4n) is 3.24. The van der Waals surface area contributed by atoms with Crippen molar-refractivity contribution >= 4 is 39.8 Å². The van der Waals surface area contributed by atoms with Crippen molar-refractivity contribution in [2.75, 3.05) is 25.9 Å². The van der Waals surface area contributed by atoms with Crippen molar-refractivity contribution in [3.63, 3.8) is 0 Å². The fourth-order valence-corrected chi connectivity index (χ4v) is 3.96. The first kappa shape index (κ1) is 22.7. The Labute approximate surface area is 178 Å². The largest absolute Gasteiger partial charge is 0.507 e. The number of piperidine rings is 1. The molecule has 0 bridgehead atoms. The maximum absolute atomic E-state index is 14.4. The molecule has 1 aromatic heterocycles. The van der Waals surface area contributed by atoms with E-state index < -0.39 is 6.17 Å². The Bertz CT molecular complexity index is 891. The van der Waals surface area contributed by atoms with Crippen molar-refractivity contribution in [1.82, 2.24) is 9.88 Å². The van der Waals surface area contributed by atoms with Gasteiger partial charge < -0.3 is 26.5 Å². The molecule has 1 fully saturated rings. The highest BCUT2D eigenvalue weighted by molar-refractivity contribution is 9.10. The molecule has 2 heterocycles. The number of allylic oxidation sites excluding steroid dienone is 1. The number of aromatic nitrogens is 1. The summed E-state index contributed by atoms with van der Waals surface area (Å²) in [4.78, 5) is 14.3. The van der Waals surface area contributed by atoms with Gasteiger partial charge in [0.2, 0.25) is 0 Å². The second kappa shape index (κ2) is 10.3. The number of H-pyrrole nitrogens is 1. The lowest BCUT2D eigenvalue weighted by molar-refractivity contribution is -0.104. The van der Waals surface area contributed by atoms with Gasteiger partial charge in [-0.05, 0) is 53.7 Å². The zero-order chi connectivity index (χ0) is 21.6. The molecule has 0 radical (unpaired) electrons. The number of nitrogens with two attached hydrogens (primary N) is 2. The molecule has 2 atom stereocenters. The number of aromatic amines is 1. The second-order valence-electron chi connectivity index (χ2n) is 6.84. The van der Waals surface area contributed by atoms with Gasteiger partial charge in [0, 0.05) is 46.0 Å². The van der Waals surface area contributed by atoms with Crippen molar-refractivity contribution in [3.8, 4) is 5.75 Å². The molecule has 0 aliphatic carbocycles. The summed E-state index contributed by atoms with van der Waals surface area (Å²) in [5.74, 6) is 0.240. The zero-order valence-corrected chi connectivity index (χ0v) is 17.8. The van der Waals surface area contributed by atoms with E-state index in [0.717, 1.165) is 12.2 Å². The van der Waals surface area contributed by atoms with E-state index in [4.69, 9.17) is 16.3 Å². The minimum atomic E-state index is -0.919. The third-order valence-corrected chi connectivity index (χ3v) is 5.60. The van der Waals surface area contributed by atoms with E-state index in [0.29, 0.717) is 46.4 Å². The molecule has 2 aromatic rings. The number of hydrogen-bond donors (Lipinski definition) is 4. The van der Waals surface area contributed by atoms with Crippen LogP contribution in [-0.4, -0.2) is 47.6 Å². The summed E-state index contributed by atoms with van der Waals surface area (Å²) in [5, 5.41) is 9.94. The number of nitrogens with one attached hydrogen (secondary N) is 1. The predicted octanol–water partition coefficient (Wildman–Crippen LogP) is 3.65. The molecule has 1 aromatic carbocycles. The Kier molecular flexibility index (Phi) is 8.04. The second-order valence-corrected chi connectivity index (χ2v) is 7.64. The van der Waals surface area contributed by atoms with Crippen LogP contribution in [0, 0.1) is 0 Å². The molecule has 29 heavy (non-hydrogen) atoms. The monoisotopic (exact) mass is 464 g/mol. The Hall–Kier alpha value is -2.58. The van der Waals surface area contributed by atoms with Gasteiger partial charge >= 0.3 is 0 Å². The number of carbonyl (C=O) groups is 1. The third-order valence-electron chi connectivity index (χ3n) is 4.75. The normalized spacial score (nSPS) is 19.9. The molecule has 0 saturated carbocycles. The summed E-state index contributed by atoms with van der Waals surface area (Å²) in [5.41, 5.74) is 14.6. The number of alkyl halides is 1. The van der Waals surface area contributed by atoms with Crippen molar-refractivity contribution in [1.29, 1.82) is 0 Å². The van der Waals surface area contributed by atoms with E-state index in [1.54, 1.807) is 30.3 Å². The molecule has 0 amide bonds. The van der Waals surface area contributed by atoms with Gasteiger partial charge in [-0.3, -0.25) is 4.79 Å². The highest BCUT2D eigenvalue weighted by Gasteiger charge is 2.32. The molecule has 6 nitrogen and oxygen atoms in total. The smallest absolute Gasteiger partial charge is 0.142 e. The molecular weight excluding hydrogens is 439 g/mol. The van der Waals surface area contributed by atoms with E-state index in [-0.39, 0.29) is 11.7 Å². The van der Waals surface area contributed by atoms with Gasteiger partial charge in [0.1, 0.15) is 24.0 Å². The van der Waals surface area contributed by atoms with Gasteiger partial charge in [0.05, 0.1) is 0 Å². The minimum Gasteiger partial charge on any atom is -0.507 e. The van der Waals surface area contributed by atoms with Gasteiger partial charge in [0.25, 0.3) is 0 Å². The Morgan fingerprint density at radius 1 is 1.45 bits per heavy atom. The molecule has 2 unspecified atom stereocenters. The van der Waals surface area contributed by atoms with Crippen LogP contribution in [0.4, 0.5) is 10.2 Å². The molecule has 0 spiro atoms. The summed E-state index contributed by atoms with van der Waals surface area (Å²) >= 11 is 3.55. The number of phenolic OH excluding ortho intramolecular Hbond substituents is 1. The predicted molar refractivity (Wildman–Crippen MR) is 119 cm³/mol. The fraction of sp³-hybridized carbons (Fsp3) is 0.286. The molecule has 6 N–H and O–H groups in total. The van der Waals surface area contributed by atoms with Crippen LogP contribution in [0.15, 0.2) is 41.4 Å². The molecule has 8 heteroatoms. The number of nitrogens with zero attached hydrogens (tertiary/aromatic N) is 1. The quantitative estimate of drug-likeness (QED) is 0.407. The molecule has 3 rings (SSSR count). The van der Waals surface area contributed by atoms with E-state index in [2.05, 4.69) is 32.4 Å². The van der Waals surface area contributed by atoms with Crippen LogP contribution >= 0.6 is 15.9 Å². The lowest BCUT2D eigenvalue weighted by Gasteiger charge is -2.32. The Morgan fingerprint density at radius 3 is 2.72 bits per heavy atom. The summed E-state index contributed by atoms with van der Waals surface area (Å²) in [6.07, 6.45) is 3.10. The molecule has 1 aliphatic rings.